The molecule has 2 aromatic rings. The van der Waals surface area contributed by atoms with E-state index in [0.29, 0.717) is 6.04 Å². The van der Waals surface area contributed by atoms with Crippen LogP contribution in [0.1, 0.15) is 38.1 Å². The molecule has 6 nitrogen and oxygen atoms in total. The van der Waals surface area contributed by atoms with Gasteiger partial charge in [-0.25, -0.2) is 9.67 Å². The van der Waals surface area contributed by atoms with E-state index in [1.165, 1.54) is 30.2 Å². The van der Waals surface area contributed by atoms with E-state index in [2.05, 4.69) is 15.4 Å². The van der Waals surface area contributed by atoms with Gasteiger partial charge in [0.1, 0.15) is 17.5 Å². The molecule has 1 fully saturated rings. The molecule has 0 spiro atoms. The minimum absolute atomic E-state index is 0.0639. The van der Waals surface area contributed by atoms with Crippen LogP contribution in [0.25, 0.3) is 0 Å². The van der Waals surface area contributed by atoms with E-state index in [1.807, 2.05) is 10.7 Å². The van der Waals surface area contributed by atoms with Gasteiger partial charge in [-0.1, -0.05) is 42.5 Å². The quantitative estimate of drug-likeness (QED) is 0.924. The van der Waals surface area contributed by atoms with E-state index in [9.17, 15) is 4.79 Å². The van der Waals surface area contributed by atoms with Crippen LogP contribution in [0.15, 0.2) is 18.6 Å². The number of amides is 1. The van der Waals surface area contributed by atoms with Crippen LogP contribution in [0.3, 0.4) is 0 Å². The second kappa shape index (κ2) is 6.71. The molecule has 0 aliphatic heterocycles. The highest BCUT2D eigenvalue weighted by Gasteiger charge is 2.19. The number of aromatic nitrogens is 4. The number of hydrogen-bond acceptors (Lipinski definition) is 3. The Bertz CT molecular complexity index is 660. The number of imidazole rings is 1. The predicted molar refractivity (Wildman–Crippen MR) is 85.2 cm³/mol. The van der Waals surface area contributed by atoms with Crippen LogP contribution >= 0.6 is 23.2 Å². The summed E-state index contributed by atoms with van der Waals surface area (Å²) < 4.78 is 3.42. The average molecular weight is 342 g/mol. The molecule has 1 aliphatic carbocycles. The van der Waals surface area contributed by atoms with Crippen LogP contribution in [-0.4, -0.2) is 25.2 Å². The summed E-state index contributed by atoms with van der Waals surface area (Å²) in [5, 5.41) is 7.70. The van der Waals surface area contributed by atoms with E-state index in [1.54, 1.807) is 6.20 Å². The van der Waals surface area contributed by atoms with Crippen molar-refractivity contribution in [3.8, 4) is 0 Å². The Hall–Kier alpha value is -1.53. The fourth-order valence-corrected chi connectivity index (χ4v) is 3.12. The Morgan fingerprint density at radius 1 is 1.32 bits per heavy atom. The Balaban J connectivity index is 1.67. The molecular weight excluding hydrogens is 325 g/mol. The maximum atomic E-state index is 12.2. The summed E-state index contributed by atoms with van der Waals surface area (Å²) in [5.74, 6) is 0.535. The first-order valence-corrected chi connectivity index (χ1v) is 8.10. The lowest BCUT2D eigenvalue weighted by Gasteiger charge is -2.23. The number of halogens is 2. The number of hydrogen-bond donors (Lipinski definition) is 1. The van der Waals surface area contributed by atoms with Gasteiger partial charge in [0, 0.05) is 6.07 Å². The van der Waals surface area contributed by atoms with Gasteiger partial charge < -0.3 is 9.88 Å². The summed E-state index contributed by atoms with van der Waals surface area (Å²) in [6.07, 6.45) is 9.07. The zero-order chi connectivity index (χ0) is 15.5. The Morgan fingerprint density at radius 3 is 2.77 bits per heavy atom. The third kappa shape index (κ3) is 3.28. The topological polar surface area (TPSA) is 64.7 Å². The summed E-state index contributed by atoms with van der Waals surface area (Å²) in [7, 11) is 0. The van der Waals surface area contributed by atoms with E-state index in [4.69, 9.17) is 23.2 Å². The van der Waals surface area contributed by atoms with Crippen LogP contribution in [-0.2, 0) is 11.3 Å². The smallest absolute Gasteiger partial charge is 0.245 e. The fourth-order valence-electron chi connectivity index (χ4n) is 2.82. The lowest BCUT2D eigenvalue weighted by molar-refractivity contribution is -0.116. The van der Waals surface area contributed by atoms with Gasteiger partial charge in [0.25, 0.3) is 0 Å². The molecule has 0 radical (unpaired) electrons. The van der Waals surface area contributed by atoms with Crippen molar-refractivity contribution < 1.29 is 4.79 Å². The van der Waals surface area contributed by atoms with Gasteiger partial charge >= 0.3 is 0 Å². The zero-order valence-electron chi connectivity index (χ0n) is 12.0. The van der Waals surface area contributed by atoms with Crippen molar-refractivity contribution in [2.75, 3.05) is 5.32 Å². The summed E-state index contributed by atoms with van der Waals surface area (Å²) in [6, 6.07) is 2.18. The van der Waals surface area contributed by atoms with E-state index in [-0.39, 0.29) is 22.8 Å². The average Bonchev–Trinajstić information content (AvgIpc) is 3.10. The summed E-state index contributed by atoms with van der Waals surface area (Å²) in [6.45, 7) is 0.0639. The molecule has 1 saturated carbocycles. The van der Waals surface area contributed by atoms with Crippen molar-refractivity contribution in [2.45, 2.75) is 44.7 Å². The highest BCUT2D eigenvalue weighted by atomic mass is 35.5. The zero-order valence-corrected chi connectivity index (χ0v) is 13.5. The fraction of sp³-hybridized carbons (Fsp3) is 0.500. The predicted octanol–water partition coefficient (Wildman–Crippen LogP) is 3.53. The molecule has 118 valence electrons. The molecule has 1 aliphatic rings. The molecule has 3 rings (SSSR count). The van der Waals surface area contributed by atoms with Crippen molar-refractivity contribution in [3.63, 3.8) is 0 Å². The van der Waals surface area contributed by atoms with E-state index >= 15 is 0 Å². The molecule has 1 N–H and O–H groups in total. The second-order valence-corrected chi connectivity index (χ2v) is 6.17. The minimum Gasteiger partial charge on any atom is -0.311 e. The van der Waals surface area contributed by atoms with Gasteiger partial charge in [0.05, 0.1) is 18.6 Å². The van der Waals surface area contributed by atoms with Crippen LogP contribution in [0, 0.1) is 0 Å². The minimum atomic E-state index is -0.187. The van der Waals surface area contributed by atoms with E-state index < -0.39 is 0 Å². The molecule has 22 heavy (non-hydrogen) atoms. The van der Waals surface area contributed by atoms with Gasteiger partial charge in [-0.15, -0.1) is 0 Å². The third-order valence-electron chi connectivity index (χ3n) is 3.91. The van der Waals surface area contributed by atoms with Crippen molar-refractivity contribution in [1.29, 1.82) is 0 Å². The Kier molecular flexibility index (Phi) is 4.69. The van der Waals surface area contributed by atoms with Gasteiger partial charge in [0.15, 0.2) is 5.15 Å². The Morgan fingerprint density at radius 2 is 2.09 bits per heavy atom. The highest BCUT2D eigenvalue weighted by Crippen LogP contribution is 2.30. The lowest BCUT2D eigenvalue weighted by Crippen LogP contribution is -2.23. The molecule has 8 heteroatoms. The molecule has 2 aromatic heterocycles. The summed E-state index contributed by atoms with van der Waals surface area (Å²) >= 11 is 11.7. The van der Waals surface area contributed by atoms with E-state index in [0.717, 1.165) is 18.7 Å². The van der Waals surface area contributed by atoms with Crippen LogP contribution in [0.2, 0.25) is 10.3 Å². The first-order chi connectivity index (χ1) is 10.6. The maximum absolute atomic E-state index is 12.2. The summed E-state index contributed by atoms with van der Waals surface area (Å²) in [5.41, 5.74) is 0. The largest absolute Gasteiger partial charge is 0.311 e. The van der Waals surface area contributed by atoms with Gasteiger partial charge in [-0.3, -0.25) is 4.79 Å². The molecular formula is C14H17Cl2N5O. The van der Waals surface area contributed by atoms with Crippen LogP contribution in [0.4, 0.5) is 5.82 Å². The highest BCUT2D eigenvalue weighted by molar-refractivity contribution is 6.40. The van der Waals surface area contributed by atoms with Gasteiger partial charge in [-0.2, -0.15) is 5.10 Å². The molecule has 0 unspecified atom stereocenters. The number of rotatable bonds is 4. The van der Waals surface area contributed by atoms with Crippen molar-refractivity contribution >= 4 is 34.9 Å². The molecule has 0 atom stereocenters. The monoisotopic (exact) mass is 341 g/mol. The maximum Gasteiger partial charge on any atom is 0.245 e. The number of anilines is 1. The number of carbonyl (C=O) groups is 1. The first-order valence-electron chi connectivity index (χ1n) is 7.34. The molecule has 2 heterocycles. The van der Waals surface area contributed by atoms with Crippen LogP contribution < -0.4 is 5.32 Å². The standard InChI is InChI=1S/C14H17Cl2N5O/c15-13-14(16)20(9-17-13)8-12(22)19-11-6-7-18-21(11)10-4-2-1-3-5-10/h6-7,9-10H,1-5,8H2,(H,19,22). The van der Waals surface area contributed by atoms with Crippen molar-refractivity contribution in [2.24, 2.45) is 0 Å². The molecule has 0 saturated heterocycles. The number of nitrogens with zero attached hydrogens (tertiary/aromatic N) is 4. The first kappa shape index (κ1) is 15.4. The molecule has 0 bridgehead atoms. The lowest BCUT2D eigenvalue weighted by atomic mass is 9.96. The van der Waals surface area contributed by atoms with Crippen LogP contribution in [0.5, 0.6) is 0 Å². The SMILES string of the molecule is O=C(Cn1cnc(Cl)c1Cl)Nc1ccnn1C1CCCCC1. The van der Waals surface area contributed by atoms with Gasteiger partial charge in [-0.05, 0) is 12.8 Å². The van der Waals surface area contributed by atoms with Crippen molar-refractivity contribution in [1.82, 2.24) is 19.3 Å². The van der Waals surface area contributed by atoms with Crippen molar-refractivity contribution in [3.05, 3.63) is 28.9 Å². The summed E-state index contributed by atoms with van der Waals surface area (Å²) in [4.78, 5) is 16.0. The number of nitrogens with one attached hydrogen (secondary N) is 1. The molecule has 0 aromatic carbocycles. The van der Waals surface area contributed by atoms with Gasteiger partial charge in [0.2, 0.25) is 5.91 Å². The Labute approximate surface area is 138 Å². The number of carbonyl (C=O) groups excluding carboxylic acids is 1. The third-order valence-corrected chi connectivity index (χ3v) is 4.67. The normalized spacial score (nSPS) is 15.9. The molecule has 1 amide bonds. The second-order valence-electron chi connectivity index (χ2n) is 5.46.